The van der Waals surface area contributed by atoms with Gasteiger partial charge in [0.2, 0.25) is 0 Å². The number of nitrogens with one attached hydrogen (secondary N) is 3. The first kappa shape index (κ1) is 23.1. The number of amides is 1. The Balaban J connectivity index is 1.50. The molecule has 0 saturated heterocycles. The number of nitrogen functional groups attached to an aromatic ring is 1. The number of aromatic nitrogens is 3. The van der Waals surface area contributed by atoms with Gasteiger partial charge in [0.1, 0.15) is 23.7 Å². The lowest BCUT2D eigenvalue weighted by atomic mass is 9.99. The van der Waals surface area contributed by atoms with Gasteiger partial charge in [0.05, 0.1) is 28.6 Å². The smallest absolute Gasteiger partial charge is 0.263 e. The largest absolute Gasteiger partial charge is 0.489 e. The zero-order chi connectivity index (χ0) is 25.2. The summed E-state index contributed by atoms with van der Waals surface area (Å²) in [6.45, 7) is 2.60. The van der Waals surface area contributed by atoms with Crippen molar-refractivity contribution in [1.82, 2.24) is 20.3 Å². The van der Waals surface area contributed by atoms with E-state index >= 15 is 0 Å². The third kappa shape index (κ3) is 4.26. The van der Waals surface area contributed by atoms with Gasteiger partial charge in [-0.15, -0.1) is 0 Å². The van der Waals surface area contributed by atoms with Gasteiger partial charge in [-0.05, 0) is 42.3 Å². The molecule has 1 amide bonds. The summed E-state index contributed by atoms with van der Waals surface area (Å²) in [6, 6.07) is 15.3. The van der Waals surface area contributed by atoms with Crippen LogP contribution in [0.15, 0.2) is 65.7 Å². The van der Waals surface area contributed by atoms with Crippen molar-refractivity contribution in [2.24, 2.45) is 0 Å². The Labute approximate surface area is 205 Å². The van der Waals surface area contributed by atoms with E-state index in [-0.39, 0.29) is 23.4 Å². The maximum atomic E-state index is 15.0. The number of H-pyrrole nitrogens is 2. The first-order valence-corrected chi connectivity index (χ1v) is 11.5. The number of benzene rings is 3. The van der Waals surface area contributed by atoms with E-state index in [0.29, 0.717) is 28.8 Å². The summed E-state index contributed by atoms with van der Waals surface area (Å²) in [7, 11) is 0. The summed E-state index contributed by atoms with van der Waals surface area (Å²) in [4.78, 5) is 35.3. The Hall–Kier alpha value is -4.66. The Bertz CT molecular complexity index is 1660. The van der Waals surface area contributed by atoms with Crippen molar-refractivity contribution < 1.29 is 13.9 Å². The van der Waals surface area contributed by atoms with Crippen LogP contribution in [0, 0.1) is 5.82 Å². The molecule has 8 nitrogen and oxygen atoms in total. The molecule has 2 heterocycles. The van der Waals surface area contributed by atoms with Crippen molar-refractivity contribution in [1.29, 1.82) is 0 Å². The van der Waals surface area contributed by atoms with Crippen LogP contribution in [0.2, 0.25) is 0 Å². The van der Waals surface area contributed by atoms with Crippen molar-refractivity contribution in [2.45, 2.75) is 20.0 Å². The van der Waals surface area contributed by atoms with Crippen molar-refractivity contribution in [2.75, 3.05) is 12.3 Å². The lowest BCUT2D eigenvalue weighted by Crippen LogP contribution is -2.31. The minimum Gasteiger partial charge on any atom is -0.489 e. The lowest BCUT2D eigenvalue weighted by Gasteiger charge is -2.14. The number of imidazole rings is 1. The van der Waals surface area contributed by atoms with Gasteiger partial charge >= 0.3 is 0 Å². The van der Waals surface area contributed by atoms with Crippen molar-refractivity contribution in [3.63, 3.8) is 0 Å². The topological polar surface area (TPSA) is 126 Å². The fourth-order valence-electron chi connectivity index (χ4n) is 4.16. The quantitative estimate of drug-likeness (QED) is 0.270. The number of halogens is 1. The highest BCUT2D eigenvalue weighted by molar-refractivity contribution is 6.09. The number of aromatic amines is 2. The highest BCUT2D eigenvalue weighted by Gasteiger charge is 2.20. The number of hydrogen-bond donors (Lipinski definition) is 4. The van der Waals surface area contributed by atoms with E-state index in [1.165, 1.54) is 6.07 Å². The molecule has 0 aliphatic rings. The Morgan fingerprint density at radius 2 is 2.00 bits per heavy atom. The number of ether oxygens (including phenoxy) is 1. The number of pyridine rings is 1. The molecule has 2 aromatic heterocycles. The Morgan fingerprint density at radius 1 is 1.14 bits per heavy atom. The average molecular weight is 486 g/mol. The summed E-state index contributed by atoms with van der Waals surface area (Å²) in [5.74, 6) is -0.574. The molecule has 9 heteroatoms. The number of rotatable bonds is 7. The van der Waals surface area contributed by atoms with Crippen molar-refractivity contribution >= 4 is 33.5 Å². The summed E-state index contributed by atoms with van der Waals surface area (Å²) in [5.41, 5.74) is 9.19. The number of fused-ring (bicyclic) bond motifs is 2. The number of carbonyl (C=O) groups is 1. The van der Waals surface area contributed by atoms with Crippen LogP contribution in [0.25, 0.3) is 33.1 Å². The molecule has 0 radical (unpaired) electrons. The van der Waals surface area contributed by atoms with Gasteiger partial charge in [0.25, 0.3) is 11.5 Å². The highest BCUT2D eigenvalue weighted by atomic mass is 19.1. The molecule has 182 valence electrons. The molecule has 5 aromatic rings. The van der Waals surface area contributed by atoms with Crippen LogP contribution < -0.4 is 21.3 Å². The number of hydrogen-bond acceptors (Lipinski definition) is 5. The fraction of sp³-hybridized carbons (Fsp3) is 0.148. The van der Waals surface area contributed by atoms with Crippen molar-refractivity contribution in [3.8, 4) is 16.9 Å². The summed E-state index contributed by atoms with van der Waals surface area (Å²) < 4.78 is 20.9. The van der Waals surface area contributed by atoms with E-state index < -0.39 is 17.3 Å². The molecule has 0 saturated carbocycles. The summed E-state index contributed by atoms with van der Waals surface area (Å²) in [5, 5.41) is 3.12. The van der Waals surface area contributed by atoms with Crippen LogP contribution in [0.3, 0.4) is 0 Å². The molecule has 3 aromatic carbocycles. The van der Waals surface area contributed by atoms with Crippen LogP contribution in [0.1, 0.15) is 29.3 Å². The number of carbonyl (C=O) groups excluding carboxylic acids is 1. The number of nitrogens with two attached hydrogens (primary N) is 1. The molecular formula is C27H24FN5O3. The van der Waals surface area contributed by atoms with Gasteiger partial charge in [-0.25, -0.2) is 9.37 Å². The van der Waals surface area contributed by atoms with E-state index in [1.54, 1.807) is 36.7 Å². The van der Waals surface area contributed by atoms with Crippen LogP contribution in [-0.2, 0) is 6.61 Å². The zero-order valence-corrected chi connectivity index (χ0v) is 19.5. The Morgan fingerprint density at radius 3 is 2.83 bits per heavy atom. The van der Waals surface area contributed by atoms with Crippen LogP contribution in [0.5, 0.6) is 5.75 Å². The predicted octanol–water partition coefficient (Wildman–Crippen LogP) is 4.51. The molecule has 5 N–H and O–H groups in total. The van der Waals surface area contributed by atoms with E-state index in [0.717, 1.165) is 23.0 Å². The van der Waals surface area contributed by atoms with Gasteiger partial charge in [-0.3, -0.25) is 9.59 Å². The zero-order valence-electron chi connectivity index (χ0n) is 19.5. The van der Waals surface area contributed by atoms with Gasteiger partial charge in [0.15, 0.2) is 0 Å². The third-order valence-electron chi connectivity index (χ3n) is 5.97. The number of para-hydroxylation sites is 1. The van der Waals surface area contributed by atoms with E-state index in [9.17, 15) is 14.0 Å². The average Bonchev–Trinajstić information content (AvgIpc) is 3.35. The van der Waals surface area contributed by atoms with Crippen LogP contribution >= 0.6 is 0 Å². The molecule has 5 rings (SSSR count). The lowest BCUT2D eigenvalue weighted by molar-refractivity contribution is 0.0953. The van der Waals surface area contributed by atoms with Gasteiger partial charge in [-0.1, -0.05) is 31.2 Å². The van der Waals surface area contributed by atoms with E-state index in [4.69, 9.17) is 10.5 Å². The highest BCUT2D eigenvalue weighted by Crippen LogP contribution is 2.34. The molecule has 0 fully saturated rings. The minimum atomic E-state index is -0.636. The first-order chi connectivity index (χ1) is 17.5. The Kier molecular flexibility index (Phi) is 6.12. The number of anilines is 1. The van der Waals surface area contributed by atoms with Gasteiger partial charge in [-0.2, -0.15) is 0 Å². The third-order valence-corrected chi connectivity index (χ3v) is 5.97. The standard InChI is InChI=1S/C27H24FN5O3/c1-2-10-30-26(34)23-24(29)18-5-3-4-17(25(18)33-27(23)35)19-12-16(7-8-20(19)28)36-13-15-6-9-21-22(11-15)32-14-31-21/h3-9,11-12,14H,2,10,13H2,1H3,(H,30,34)(H,31,32)(H3,29,33,35). The monoisotopic (exact) mass is 485 g/mol. The SMILES string of the molecule is CCCNC(=O)c1c(N)c2cccc(-c3cc(OCc4ccc5nc[nH]c5c4)ccc3F)c2[nH]c1=O. The summed E-state index contributed by atoms with van der Waals surface area (Å²) in [6.07, 6.45) is 2.35. The van der Waals surface area contributed by atoms with Gasteiger partial charge in [0, 0.05) is 23.1 Å². The van der Waals surface area contributed by atoms with Crippen LogP contribution in [-0.4, -0.2) is 27.4 Å². The maximum Gasteiger partial charge on any atom is 0.263 e. The predicted molar refractivity (Wildman–Crippen MR) is 137 cm³/mol. The molecule has 0 aliphatic carbocycles. The van der Waals surface area contributed by atoms with Crippen LogP contribution in [0.4, 0.5) is 10.1 Å². The molecule has 0 atom stereocenters. The summed E-state index contributed by atoms with van der Waals surface area (Å²) >= 11 is 0. The molecule has 0 spiro atoms. The molecular weight excluding hydrogens is 461 g/mol. The second-order valence-corrected chi connectivity index (χ2v) is 8.41. The van der Waals surface area contributed by atoms with E-state index in [2.05, 4.69) is 20.3 Å². The second kappa shape index (κ2) is 9.53. The molecule has 0 aliphatic heterocycles. The fourth-order valence-corrected chi connectivity index (χ4v) is 4.16. The minimum absolute atomic E-state index is 0.0474. The molecule has 0 unspecified atom stereocenters. The first-order valence-electron chi connectivity index (χ1n) is 11.5. The van der Waals surface area contributed by atoms with Gasteiger partial charge < -0.3 is 25.8 Å². The molecule has 36 heavy (non-hydrogen) atoms. The normalized spacial score (nSPS) is 11.2. The molecule has 0 bridgehead atoms. The van der Waals surface area contributed by atoms with Crippen molar-refractivity contribution in [3.05, 3.63) is 88.2 Å². The second-order valence-electron chi connectivity index (χ2n) is 8.41. The van der Waals surface area contributed by atoms with E-state index in [1.807, 2.05) is 25.1 Å². The maximum absolute atomic E-state index is 15.0. The number of nitrogens with zero attached hydrogens (tertiary/aromatic N) is 1.